The highest BCUT2D eigenvalue weighted by Gasteiger charge is 2.48. The van der Waals surface area contributed by atoms with E-state index in [1.54, 1.807) is 30.0 Å². The van der Waals surface area contributed by atoms with Gasteiger partial charge in [-0.2, -0.15) is 8.78 Å². The lowest BCUT2D eigenvalue weighted by atomic mass is 10.0. The molecule has 5 heterocycles. The Bertz CT molecular complexity index is 1110. The van der Waals surface area contributed by atoms with Gasteiger partial charge >= 0.3 is 6.61 Å². The van der Waals surface area contributed by atoms with Crippen molar-refractivity contribution in [3.8, 4) is 5.88 Å². The molecule has 0 saturated carbocycles. The summed E-state index contributed by atoms with van der Waals surface area (Å²) in [5, 5.41) is 0. The average molecular weight is 494 g/mol. The number of guanidine groups is 1. The fourth-order valence-corrected chi connectivity index (χ4v) is 4.40. The van der Waals surface area contributed by atoms with Gasteiger partial charge in [-0.25, -0.2) is 23.7 Å². The zero-order valence-electron chi connectivity index (χ0n) is 19.1. The number of carbonyl (C=O) groups excluding carboxylic acids is 1. The van der Waals surface area contributed by atoms with Crippen LogP contribution in [0, 0.1) is 6.92 Å². The van der Waals surface area contributed by atoms with Crippen LogP contribution in [0.1, 0.15) is 53.5 Å². The van der Waals surface area contributed by atoms with E-state index < -0.39 is 25.1 Å². The fraction of sp³-hybridized carbons (Fsp3) is 0.478. The number of aromatic nitrogens is 2. The molecule has 0 radical (unpaired) electrons. The van der Waals surface area contributed by atoms with Crippen LogP contribution in [0.2, 0.25) is 0 Å². The quantitative estimate of drug-likeness (QED) is 0.647. The number of amides is 1. The number of hydrogen-bond acceptors (Lipinski definition) is 7. The smallest absolute Gasteiger partial charge is 0.388 e. The van der Waals surface area contributed by atoms with E-state index in [1.165, 1.54) is 17.2 Å². The Labute approximate surface area is 199 Å². The zero-order valence-corrected chi connectivity index (χ0v) is 19.1. The first-order chi connectivity index (χ1) is 16.6. The van der Waals surface area contributed by atoms with Crippen molar-refractivity contribution in [3.05, 3.63) is 47.4 Å². The number of nitrogens with zero attached hydrogens (tertiary/aromatic N) is 5. The Hall–Kier alpha value is -3.44. The lowest BCUT2D eigenvalue weighted by molar-refractivity contribution is -0.0529. The van der Waals surface area contributed by atoms with E-state index in [-0.39, 0.29) is 24.2 Å². The molecule has 3 aliphatic heterocycles. The molecule has 35 heavy (non-hydrogen) atoms. The molecule has 0 aromatic carbocycles. The maximum absolute atomic E-state index is 13.8. The highest BCUT2D eigenvalue weighted by atomic mass is 19.3. The van der Waals surface area contributed by atoms with E-state index >= 15 is 0 Å². The molecule has 8 nitrogen and oxygen atoms in total. The van der Waals surface area contributed by atoms with Gasteiger partial charge in [-0.3, -0.25) is 4.79 Å². The molecule has 1 amide bonds. The number of ether oxygens (including phenoxy) is 1. The van der Waals surface area contributed by atoms with E-state index in [2.05, 4.69) is 19.7 Å². The maximum atomic E-state index is 13.8. The average Bonchev–Trinajstić information content (AvgIpc) is 3.15. The lowest BCUT2D eigenvalue weighted by Crippen LogP contribution is -2.40. The molecule has 2 N–H and O–H groups in total. The summed E-state index contributed by atoms with van der Waals surface area (Å²) in [6.07, 6.45) is 4.24. The van der Waals surface area contributed by atoms with Gasteiger partial charge in [0.2, 0.25) is 5.88 Å². The van der Waals surface area contributed by atoms with E-state index in [0.717, 1.165) is 32.4 Å². The first-order valence-corrected chi connectivity index (χ1v) is 11.3. The summed E-state index contributed by atoms with van der Waals surface area (Å²) in [7, 11) is 0. The van der Waals surface area contributed by atoms with Gasteiger partial charge in [-0.05, 0) is 38.3 Å². The number of likely N-dealkylation sites (tertiary alicyclic amines) is 1. The van der Waals surface area contributed by atoms with Crippen molar-refractivity contribution in [2.24, 2.45) is 10.7 Å². The highest BCUT2D eigenvalue weighted by molar-refractivity contribution is 5.93. The molecule has 0 bridgehead atoms. The summed E-state index contributed by atoms with van der Waals surface area (Å²) in [5.74, 6) is -2.91. The molecule has 0 spiro atoms. The van der Waals surface area contributed by atoms with Crippen LogP contribution < -0.4 is 10.5 Å². The van der Waals surface area contributed by atoms with Crippen molar-refractivity contribution in [1.82, 2.24) is 19.8 Å². The Balaban J connectivity index is 0.000000221. The topological polar surface area (TPSA) is 96.9 Å². The molecule has 5 rings (SSSR count). The normalized spacial score (nSPS) is 20.4. The van der Waals surface area contributed by atoms with Crippen molar-refractivity contribution >= 4 is 17.6 Å². The van der Waals surface area contributed by atoms with Crippen LogP contribution in [0.5, 0.6) is 5.88 Å². The number of carbonyl (C=O) groups is 1. The van der Waals surface area contributed by atoms with E-state index in [9.17, 15) is 22.4 Å². The molecule has 1 atom stereocenters. The van der Waals surface area contributed by atoms with E-state index in [1.807, 2.05) is 0 Å². The second-order valence-electron chi connectivity index (χ2n) is 8.65. The molecule has 0 aliphatic carbocycles. The molecule has 3 aliphatic rings. The monoisotopic (exact) mass is 494 g/mol. The summed E-state index contributed by atoms with van der Waals surface area (Å²) >= 11 is 0. The van der Waals surface area contributed by atoms with Crippen molar-refractivity contribution in [3.63, 3.8) is 0 Å². The summed E-state index contributed by atoms with van der Waals surface area (Å²) in [6, 6.07) is 5.77. The molecule has 2 aromatic rings. The van der Waals surface area contributed by atoms with Crippen LogP contribution in [0.3, 0.4) is 0 Å². The largest absolute Gasteiger partial charge is 0.417 e. The summed E-state index contributed by atoms with van der Waals surface area (Å²) in [6.45, 7) is -0.0981. The number of piperidine rings is 1. The third kappa shape index (κ3) is 5.80. The Morgan fingerprint density at radius 2 is 1.97 bits per heavy atom. The van der Waals surface area contributed by atoms with Crippen LogP contribution in [-0.4, -0.2) is 63.8 Å². The zero-order chi connectivity index (χ0) is 25.2. The van der Waals surface area contributed by atoms with Crippen LogP contribution in [0.15, 0.2) is 35.5 Å². The van der Waals surface area contributed by atoms with Gasteiger partial charge < -0.3 is 20.3 Å². The molecule has 2 saturated heterocycles. The van der Waals surface area contributed by atoms with Gasteiger partial charge in [0, 0.05) is 36.8 Å². The number of rotatable bonds is 3. The Kier molecular flexibility index (Phi) is 7.08. The number of nitrogens with two attached hydrogens (primary N) is 1. The number of aliphatic imine (C=N–C) groups is 1. The van der Waals surface area contributed by atoms with Crippen molar-refractivity contribution < 1.29 is 27.1 Å². The first kappa shape index (κ1) is 24.7. The lowest BCUT2D eigenvalue weighted by Gasteiger charge is -2.30. The Morgan fingerprint density at radius 1 is 1.23 bits per heavy atom. The van der Waals surface area contributed by atoms with Crippen molar-refractivity contribution in [2.45, 2.75) is 51.2 Å². The molecule has 1 unspecified atom stereocenters. The number of pyridine rings is 2. The molecule has 2 fully saturated rings. The summed E-state index contributed by atoms with van der Waals surface area (Å²) in [4.78, 5) is 27.9. The maximum Gasteiger partial charge on any atom is 0.388 e. The molecule has 2 aromatic heterocycles. The first-order valence-electron chi connectivity index (χ1n) is 11.3. The molecule has 12 heteroatoms. The van der Waals surface area contributed by atoms with Gasteiger partial charge in [0.25, 0.3) is 11.8 Å². The van der Waals surface area contributed by atoms with Crippen LogP contribution in [-0.2, 0) is 0 Å². The second-order valence-corrected chi connectivity index (χ2v) is 8.65. The predicted octanol–water partition coefficient (Wildman–Crippen LogP) is 4.04. The summed E-state index contributed by atoms with van der Waals surface area (Å²) < 4.78 is 54.9. The van der Waals surface area contributed by atoms with Crippen LogP contribution in [0.25, 0.3) is 0 Å². The standard InChI is InChI=1S/C16H19F2N5O.C7H7F2NO/c17-16(18)7-13-10-6-11(14(24)22-4-2-1-3-5-22)20-8-12(10)21-15(19)23(13)9-16;1-5-3-2-4-6(10-5)11-7(8)9/h6,8,13H,1-5,7,9H2,(H2,19,21);2-4,7H,1H3. The highest BCUT2D eigenvalue weighted by Crippen LogP contribution is 2.46. The minimum absolute atomic E-state index is 0.0417. The third-order valence-corrected chi connectivity index (χ3v) is 6.01. The van der Waals surface area contributed by atoms with Crippen molar-refractivity contribution in [2.75, 3.05) is 19.6 Å². The minimum atomic E-state index is -2.81. The summed E-state index contributed by atoms with van der Waals surface area (Å²) in [5.41, 5.74) is 7.84. The third-order valence-electron chi connectivity index (χ3n) is 6.01. The number of alkyl halides is 4. The second kappa shape index (κ2) is 10.0. The van der Waals surface area contributed by atoms with Crippen LogP contribution >= 0.6 is 0 Å². The number of halogens is 4. The van der Waals surface area contributed by atoms with Crippen molar-refractivity contribution in [1.29, 1.82) is 0 Å². The van der Waals surface area contributed by atoms with Gasteiger partial charge in [0.1, 0.15) is 5.69 Å². The Morgan fingerprint density at radius 3 is 2.66 bits per heavy atom. The fourth-order valence-electron chi connectivity index (χ4n) is 4.40. The van der Waals surface area contributed by atoms with Gasteiger partial charge in [-0.1, -0.05) is 6.07 Å². The number of aryl methyl sites for hydroxylation is 1. The number of hydrogen-bond donors (Lipinski definition) is 1. The SMILES string of the molecule is Cc1cccc(OC(F)F)n1.NC1=Nc2cnc(C(=O)N3CCCCC3)cc2C2CC(F)(F)CN12. The van der Waals surface area contributed by atoms with Gasteiger partial charge in [0.05, 0.1) is 24.5 Å². The van der Waals surface area contributed by atoms with E-state index in [4.69, 9.17) is 5.73 Å². The predicted molar refractivity (Wildman–Crippen MR) is 120 cm³/mol. The van der Waals surface area contributed by atoms with Gasteiger partial charge in [0.15, 0.2) is 5.96 Å². The molecular formula is C23H26F4N6O2. The number of fused-ring (bicyclic) bond motifs is 3. The van der Waals surface area contributed by atoms with Crippen LogP contribution in [0.4, 0.5) is 23.2 Å². The van der Waals surface area contributed by atoms with Gasteiger partial charge in [-0.15, -0.1) is 0 Å². The minimum Gasteiger partial charge on any atom is -0.417 e. The van der Waals surface area contributed by atoms with E-state index in [0.29, 0.717) is 22.6 Å². The molecule has 188 valence electrons. The molecular weight excluding hydrogens is 468 g/mol.